The lowest BCUT2D eigenvalue weighted by Gasteiger charge is -2.04. The molecule has 2 heteroatoms. The maximum atomic E-state index is 9.06. The number of aliphatic hydroxyl groups is 1. The van der Waals surface area contributed by atoms with Gasteiger partial charge in [-0.3, -0.25) is 4.98 Å². The third-order valence-corrected chi connectivity index (χ3v) is 2.27. The lowest BCUT2D eigenvalue weighted by Crippen LogP contribution is -1.88. The molecule has 13 heavy (non-hydrogen) atoms. The number of nitrogens with zero attached hydrogens (tertiary/aromatic N) is 1. The van der Waals surface area contributed by atoms with Crippen LogP contribution in [-0.2, 0) is 6.61 Å². The predicted molar refractivity (Wildman–Crippen MR) is 52.4 cm³/mol. The molecule has 0 atom stereocenters. The SMILES string of the molecule is Cc1cc2ccncc2cc1CO. The van der Waals surface area contributed by atoms with Crippen LogP contribution < -0.4 is 0 Å². The summed E-state index contributed by atoms with van der Waals surface area (Å²) in [6.07, 6.45) is 3.59. The zero-order valence-electron chi connectivity index (χ0n) is 7.49. The highest BCUT2D eigenvalue weighted by Gasteiger charge is 1.99. The fraction of sp³-hybridized carbons (Fsp3) is 0.182. The highest BCUT2D eigenvalue weighted by Crippen LogP contribution is 2.18. The molecular formula is C11H11NO. The van der Waals surface area contributed by atoms with Gasteiger partial charge in [-0.05, 0) is 35.6 Å². The van der Waals surface area contributed by atoms with E-state index in [1.54, 1.807) is 6.20 Å². The third kappa shape index (κ3) is 1.40. The van der Waals surface area contributed by atoms with Crippen molar-refractivity contribution in [3.63, 3.8) is 0 Å². The van der Waals surface area contributed by atoms with Gasteiger partial charge >= 0.3 is 0 Å². The van der Waals surface area contributed by atoms with E-state index in [2.05, 4.69) is 11.1 Å². The second-order valence-corrected chi connectivity index (χ2v) is 3.16. The Balaban J connectivity index is 2.74. The molecule has 0 unspecified atom stereocenters. The lowest BCUT2D eigenvalue weighted by atomic mass is 10.0. The van der Waals surface area contributed by atoms with Gasteiger partial charge in [0.15, 0.2) is 0 Å². The van der Waals surface area contributed by atoms with Gasteiger partial charge in [-0.25, -0.2) is 0 Å². The van der Waals surface area contributed by atoms with E-state index < -0.39 is 0 Å². The Hall–Kier alpha value is -1.41. The summed E-state index contributed by atoms with van der Waals surface area (Å²) < 4.78 is 0. The normalized spacial score (nSPS) is 10.6. The van der Waals surface area contributed by atoms with Crippen LogP contribution in [0.3, 0.4) is 0 Å². The topological polar surface area (TPSA) is 33.1 Å². The summed E-state index contributed by atoms with van der Waals surface area (Å²) in [6.45, 7) is 2.10. The van der Waals surface area contributed by atoms with Crippen LogP contribution in [0.1, 0.15) is 11.1 Å². The van der Waals surface area contributed by atoms with Crippen LogP contribution >= 0.6 is 0 Å². The minimum atomic E-state index is 0.0939. The Kier molecular flexibility index (Phi) is 1.99. The van der Waals surface area contributed by atoms with Crippen molar-refractivity contribution in [2.45, 2.75) is 13.5 Å². The summed E-state index contributed by atoms with van der Waals surface area (Å²) in [5.74, 6) is 0. The van der Waals surface area contributed by atoms with Crippen molar-refractivity contribution in [1.82, 2.24) is 4.98 Å². The van der Waals surface area contributed by atoms with E-state index in [4.69, 9.17) is 5.11 Å². The highest BCUT2D eigenvalue weighted by atomic mass is 16.3. The molecule has 66 valence electrons. The van der Waals surface area contributed by atoms with Crippen LogP contribution in [0.2, 0.25) is 0 Å². The largest absolute Gasteiger partial charge is 0.392 e. The van der Waals surface area contributed by atoms with Gasteiger partial charge in [0.1, 0.15) is 0 Å². The molecule has 0 saturated carbocycles. The standard InChI is InChI=1S/C11H11NO/c1-8-4-9-2-3-12-6-10(9)5-11(8)7-13/h2-6,13H,7H2,1H3. The number of aryl methyl sites for hydroxylation is 1. The predicted octanol–water partition coefficient (Wildman–Crippen LogP) is 2.04. The van der Waals surface area contributed by atoms with Gasteiger partial charge in [0.2, 0.25) is 0 Å². The molecule has 1 N–H and O–H groups in total. The Bertz CT molecular complexity index is 437. The van der Waals surface area contributed by atoms with Crippen LogP contribution in [0.4, 0.5) is 0 Å². The second-order valence-electron chi connectivity index (χ2n) is 3.16. The molecule has 0 bridgehead atoms. The van der Waals surface area contributed by atoms with Gasteiger partial charge in [0, 0.05) is 17.8 Å². The summed E-state index contributed by atoms with van der Waals surface area (Å²) >= 11 is 0. The average Bonchev–Trinajstić information content (AvgIpc) is 2.17. The number of benzene rings is 1. The van der Waals surface area contributed by atoms with Crippen molar-refractivity contribution in [2.24, 2.45) is 0 Å². The van der Waals surface area contributed by atoms with Crippen molar-refractivity contribution in [1.29, 1.82) is 0 Å². The number of pyridine rings is 1. The van der Waals surface area contributed by atoms with Gasteiger partial charge in [-0.1, -0.05) is 6.07 Å². The molecule has 0 aliphatic rings. The van der Waals surface area contributed by atoms with Crippen LogP contribution in [-0.4, -0.2) is 10.1 Å². The van der Waals surface area contributed by atoms with Crippen molar-refractivity contribution in [3.8, 4) is 0 Å². The van der Waals surface area contributed by atoms with E-state index in [0.717, 1.165) is 16.5 Å². The molecule has 1 heterocycles. The Morgan fingerprint density at radius 1 is 1.31 bits per heavy atom. The summed E-state index contributed by atoms with van der Waals surface area (Å²) in [7, 11) is 0. The molecule has 1 aromatic heterocycles. The maximum absolute atomic E-state index is 9.06. The van der Waals surface area contributed by atoms with E-state index in [1.807, 2.05) is 25.3 Å². The molecule has 0 fully saturated rings. The minimum Gasteiger partial charge on any atom is -0.392 e. The minimum absolute atomic E-state index is 0.0939. The molecule has 2 nitrogen and oxygen atoms in total. The number of aromatic nitrogens is 1. The zero-order chi connectivity index (χ0) is 9.26. The lowest BCUT2D eigenvalue weighted by molar-refractivity contribution is 0.281. The van der Waals surface area contributed by atoms with E-state index in [-0.39, 0.29) is 6.61 Å². The summed E-state index contributed by atoms with van der Waals surface area (Å²) in [6, 6.07) is 6.03. The van der Waals surface area contributed by atoms with E-state index in [1.165, 1.54) is 5.39 Å². The molecule has 0 aliphatic heterocycles. The quantitative estimate of drug-likeness (QED) is 0.715. The highest BCUT2D eigenvalue weighted by molar-refractivity contribution is 5.83. The summed E-state index contributed by atoms with van der Waals surface area (Å²) in [4.78, 5) is 4.04. The van der Waals surface area contributed by atoms with E-state index in [9.17, 15) is 0 Å². The first kappa shape index (κ1) is 8.20. The summed E-state index contributed by atoms with van der Waals surface area (Å²) in [5, 5.41) is 11.3. The fourth-order valence-corrected chi connectivity index (χ4v) is 1.47. The smallest absolute Gasteiger partial charge is 0.0684 e. The number of aliphatic hydroxyl groups excluding tert-OH is 1. The number of hydrogen-bond donors (Lipinski definition) is 1. The molecule has 0 radical (unpaired) electrons. The zero-order valence-corrected chi connectivity index (χ0v) is 7.49. The monoisotopic (exact) mass is 173 g/mol. The molecule has 0 aliphatic carbocycles. The molecule has 0 spiro atoms. The van der Waals surface area contributed by atoms with E-state index in [0.29, 0.717) is 0 Å². The average molecular weight is 173 g/mol. The van der Waals surface area contributed by atoms with Crippen molar-refractivity contribution >= 4 is 10.8 Å². The van der Waals surface area contributed by atoms with Crippen LogP contribution in [0.25, 0.3) is 10.8 Å². The van der Waals surface area contributed by atoms with Gasteiger partial charge < -0.3 is 5.11 Å². The van der Waals surface area contributed by atoms with Gasteiger partial charge in [-0.2, -0.15) is 0 Å². The summed E-state index contributed by atoms with van der Waals surface area (Å²) in [5.41, 5.74) is 2.10. The number of hydrogen-bond acceptors (Lipinski definition) is 2. The number of rotatable bonds is 1. The van der Waals surface area contributed by atoms with Gasteiger partial charge in [0.05, 0.1) is 6.61 Å². The molecular weight excluding hydrogens is 162 g/mol. The van der Waals surface area contributed by atoms with Crippen molar-refractivity contribution in [2.75, 3.05) is 0 Å². The van der Waals surface area contributed by atoms with Gasteiger partial charge in [-0.15, -0.1) is 0 Å². The molecule has 0 amide bonds. The first-order valence-corrected chi connectivity index (χ1v) is 4.25. The Morgan fingerprint density at radius 2 is 2.15 bits per heavy atom. The van der Waals surface area contributed by atoms with Crippen LogP contribution in [0.15, 0.2) is 30.6 Å². The van der Waals surface area contributed by atoms with Gasteiger partial charge in [0.25, 0.3) is 0 Å². The van der Waals surface area contributed by atoms with Crippen molar-refractivity contribution in [3.05, 3.63) is 41.7 Å². The fourth-order valence-electron chi connectivity index (χ4n) is 1.47. The maximum Gasteiger partial charge on any atom is 0.0684 e. The first-order valence-electron chi connectivity index (χ1n) is 4.25. The second kappa shape index (κ2) is 3.15. The molecule has 2 rings (SSSR count). The molecule has 2 aromatic rings. The third-order valence-electron chi connectivity index (χ3n) is 2.27. The van der Waals surface area contributed by atoms with Crippen LogP contribution in [0, 0.1) is 6.92 Å². The van der Waals surface area contributed by atoms with E-state index >= 15 is 0 Å². The molecule has 1 aromatic carbocycles. The van der Waals surface area contributed by atoms with Crippen LogP contribution in [0.5, 0.6) is 0 Å². The Labute approximate surface area is 76.9 Å². The first-order chi connectivity index (χ1) is 6.31. The van der Waals surface area contributed by atoms with Crippen molar-refractivity contribution < 1.29 is 5.11 Å². The number of fused-ring (bicyclic) bond motifs is 1. The Morgan fingerprint density at radius 3 is 2.92 bits per heavy atom. The molecule has 0 saturated heterocycles.